The van der Waals surface area contributed by atoms with Crippen LogP contribution < -0.4 is 0 Å². The van der Waals surface area contributed by atoms with Crippen LogP contribution in [0.25, 0.3) is 5.69 Å². The van der Waals surface area contributed by atoms with Crippen LogP contribution in [0.1, 0.15) is 37.7 Å². The van der Waals surface area contributed by atoms with E-state index < -0.39 is 30.1 Å². The summed E-state index contributed by atoms with van der Waals surface area (Å²) in [5.41, 5.74) is 1.10. The number of Topliss-reactive ketones (excluding diaryl/α,β-unsaturated/α-hetero) is 1. The molecule has 2 aromatic heterocycles. The molecule has 9 heteroatoms. The van der Waals surface area contributed by atoms with Crippen LogP contribution >= 0.6 is 11.8 Å². The number of ether oxygens (including phenoxy) is 1. The average Bonchev–Trinajstić information content (AvgIpc) is 3.05. The van der Waals surface area contributed by atoms with Gasteiger partial charge < -0.3 is 9.30 Å². The van der Waals surface area contributed by atoms with Gasteiger partial charge >= 0.3 is 12.1 Å². The molecule has 1 aromatic carbocycles. The number of benzene rings is 1. The Hall–Kier alpha value is -3.07. The number of aryl methyl sites for hydroxylation is 1. The van der Waals surface area contributed by atoms with Crippen molar-refractivity contribution < 1.29 is 27.5 Å². The number of aromatic nitrogens is 2. The summed E-state index contributed by atoms with van der Waals surface area (Å²) in [6.07, 6.45) is -1.15. The summed E-state index contributed by atoms with van der Waals surface area (Å²) in [6.45, 7) is 2.83. The Balaban J connectivity index is 1.82. The normalized spacial score (nSPS) is 11.4. The van der Waals surface area contributed by atoms with Crippen molar-refractivity contribution >= 4 is 23.5 Å². The molecule has 0 aliphatic carbocycles. The summed E-state index contributed by atoms with van der Waals surface area (Å²) >= 11 is 1.28. The SMILES string of the molecule is CSc1ncccc1C(=O)OCC(=O)c1cc(C)n(-c2cccc(C(F)(F)F)c2)c1C. The number of hydrogen-bond donors (Lipinski definition) is 0. The zero-order valence-electron chi connectivity index (χ0n) is 17.0. The third-order valence-corrected chi connectivity index (χ3v) is 5.39. The van der Waals surface area contributed by atoms with Crippen LogP contribution in [-0.2, 0) is 10.9 Å². The minimum absolute atomic E-state index is 0.261. The quantitative estimate of drug-likeness (QED) is 0.292. The number of rotatable bonds is 6. The van der Waals surface area contributed by atoms with E-state index in [9.17, 15) is 22.8 Å². The van der Waals surface area contributed by atoms with Gasteiger partial charge in [0.15, 0.2) is 6.61 Å². The van der Waals surface area contributed by atoms with Crippen molar-refractivity contribution in [3.05, 3.63) is 76.7 Å². The second-order valence-corrected chi connectivity index (χ2v) is 7.52. The number of nitrogens with zero attached hydrogens (tertiary/aromatic N) is 2. The van der Waals surface area contributed by atoms with Gasteiger partial charge in [-0.25, -0.2) is 9.78 Å². The Labute approximate surface area is 181 Å². The molecule has 0 radical (unpaired) electrons. The molecule has 31 heavy (non-hydrogen) atoms. The maximum atomic E-state index is 13.1. The number of thioether (sulfide) groups is 1. The third kappa shape index (κ3) is 4.82. The number of pyridine rings is 1. The number of hydrogen-bond acceptors (Lipinski definition) is 5. The van der Waals surface area contributed by atoms with Gasteiger partial charge in [-0.2, -0.15) is 13.2 Å². The molecule has 3 rings (SSSR count). The Morgan fingerprint density at radius 3 is 2.52 bits per heavy atom. The smallest absolute Gasteiger partial charge is 0.416 e. The van der Waals surface area contributed by atoms with Crippen molar-refractivity contribution in [2.45, 2.75) is 25.0 Å². The zero-order chi connectivity index (χ0) is 22.8. The molecule has 2 heterocycles. The van der Waals surface area contributed by atoms with Gasteiger partial charge in [0.1, 0.15) is 5.03 Å². The Morgan fingerprint density at radius 1 is 1.10 bits per heavy atom. The van der Waals surface area contributed by atoms with Crippen LogP contribution in [0.3, 0.4) is 0 Å². The second kappa shape index (κ2) is 8.97. The highest BCUT2D eigenvalue weighted by Gasteiger charge is 2.31. The lowest BCUT2D eigenvalue weighted by atomic mass is 10.1. The molecule has 5 nitrogen and oxygen atoms in total. The van der Waals surface area contributed by atoms with Crippen LogP contribution in [0.15, 0.2) is 53.7 Å². The zero-order valence-corrected chi connectivity index (χ0v) is 17.8. The fourth-order valence-corrected chi connectivity index (χ4v) is 3.80. The topological polar surface area (TPSA) is 61.2 Å². The fraction of sp³-hybridized carbons (Fsp3) is 0.227. The summed E-state index contributed by atoms with van der Waals surface area (Å²) in [6, 6.07) is 9.60. The van der Waals surface area contributed by atoms with Crippen LogP contribution in [0.2, 0.25) is 0 Å². The molecule has 162 valence electrons. The lowest BCUT2D eigenvalue weighted by Gasteiger charge is -2.13. The van der Waals surface area contributed by atoms with Crippen molar-refractivity contribution in [3.8, 4) is 5.69 Å². The summed E-state index contributed by atoms with van der Waals surface area (Å²) in [4.78, 5) is 29.1. The maximum Gasteiger partial charge on any atom is 0.416 e. The molecular weight excluding hydrogens is 429 g/mol. The predicted octanol–water partition coefficient (Wildman–Crippen LogP) is 5.27. The van der Waals surface area contributed by atoms with E-state index in [1.54, 1.807) is 49.1 Å². The van der Waals surface area contributed by atoms with Gasteiger partial charge in [-0.1, -0.05) is 6.07 Å². The van der Waals surface area contributed by atoms with Crippen molar-refractivity contribution in [3.63, 3.8) is 0 Å². The summed E-state index contributed by atoms with van der Waals surface area (Å²) < 4.78 is 45.9. The number of alkyl halides is 3. The first-order valence-corrected chi connectivity index (χ1v) is 10.4. The van der Waals surface area contributed by atoms with Crippen molar-refractivity contribution in [2.75, 3.05) is 12.9 Å². The van der Waals surface area contributed by atoms with Gasteiger partial charge in [0.2, 0.25) is 5.78 Å². The largest absolute Gasteiger partial charge is 0.454 e. The predicted molar refractivity (Wildman–Crippen MR) is 111 cm³/mol. The molecule has 0 bridgehead atoms. The van der Waals surface area contributed by atoms with E-state index >= 15 is 0 Å². The highest BCUT2D eigenvalue weighted by molar-refractivity contribution is 7.98. The molecule has 3 aromatic rings. The van der Waals surface area contributed by atoms with Gasteiger partial charge in [0.25, 0.3) is 0 Å². The highest BCUT2D eigenvalue weighted by atomic mass is 32.2. The molecule has 0 amide bonds. The molecule has 0 aliphatic heterocycles. The Bertz CT molecular complexity index is 1140. The van der Waals surface area contributed by atoms with Gasteiger partial charge in [0, 0.05) is 28.8 Å². The van der Waals surface area contributed by atoms with Crippen LogP contribution in [-0.4, -0.2) is 34.2 Å². The van der Waals surface area contributed by atoms with E-state index in [1.807, 2.05) is 0 Å². The van der Waals surface area contributed by atoms with E-state index in [4.69, 9.17) is 4.74 Å². The first-order chi connectivity index (χ1) is 14.6. The first-order valence-electron chi connectivity index (χ1n) is 9.19. The maximum absolute atomic E-state index is 13.1. The van der Waals surface area contributed by atoms with Gasteiger partial charge in [-0.05, 0) is 56.5 Å². The minimum Gasteiger partial charge on any atom is -0.454 e. The van der Waals surface area contributed by atoms with Crippen LogP contribution in [0.4, 0.5) is 13.2 Å². The standard InChI is InChI=1S/C22H19F3N2O3S/c1-13-10-18(14(2)27(13)16-7-4-6-15(11-16)22(23,24)25)19(28)12-30-21(29)17-8-5-9-26-20(17)31-3/h4-11H,12H2,1-3H3. The monoisotopic (exact) mass is 448 g/mol. The van der Waals surface area contributed by atoms with Crippen LogP contribution in [0.5, 0.6) is 0 Å². The fourth-order valence-electron chi connectivity index (χ4n) is 3.26. The average molecular weight is 448 g/mol. The van der Waals surface area contributed by atoms with E-state index in [2.05, 4.69) is 4.98 Å². The number of carbonyl (C=O) groups is 2. The van der Waals surface area contributed by atoms with E-state index in [0.29, 0.717) is 22.1 Å². The third-order valence-electron chi connectivity index (χ3n) is 4.68. The van der Waals surface area contributed by atoms with Crippen molar-refractivity contribution in [2.24, 2.45) is 0 Å². The van der Waals surface area contributed by atoms with E-state index in [1.165, 1.54) is 23.9 Å². The summed E-state index contributed by atoms with van der Waals surface area (Å²) in [5.74, 6) is -1.12. The second-order valence-electron chi connectivity index (χ2n) is 6.73. The van der Waals surface area contributed by atoms with Crippen LogP contribution in [0, 0.1) is 13.8 Å². The van der Waals surface area contributed by atoms with Crippen molar-refractivity contribution in [1.29, 1.82) is 0 Å². The molecule has 0 saturated heterocycles. The highest BCUT2D eigenvalue weighted by Crippen LogP contribution is 2.31. The molecule has 0 N–H and O–H groups in total. The van der Waals surface area contributed by atoms with Gasteiger partial charge in [-0.15, -0.1) is 11.8 Å². The summed E-state index contributed by atoms with van der Waals surface area (Å²) in [5, 5.41) is 0.489. The molecule has 0 aliphatic rings. The molecule has 0 fully saturated rings. The Kier molecular flexibility index (Phi) is 6.54. The Morgan fingerprint density at radius 2 is 1.84 bits per heavy atom. The van der Waals surface area contributed by atoms with E-state index in [-0.39, 0.29) is 11.1 Å². The van der Waals surface area contributed by atoms with Crippen molar-refractivity contribution in [1.82, 2.24) is 9.55 Å². The lowest BCUT2D eigenvalue weighted by Crippen LogP contribution is -2.16. The molecule has 0 spiro atoms. The molecule has 0 saturated carbocycles. The lowest BCUT2D eigenvalue weighted by molar-refractivity contribution is -0.137. The first kappa shape index (κ1) is 22.6. The number of carbonyl (C=O) groups excluding carboxylic acids is 2. The number of esters is 1. The number of halogens is 3. The molecule has 0 atom stereocenters. The number of ketones is 1. The van der Waals surface area contributed by atoms with E-state index in [0.717, 1.165) is 12.1 Å². The summed E-state index contributed by atoms with van der Waals surface area (Å²) in [7, 11) is 0. The molecular formula is C22H19F3N2O3S. The molecule has 0 unspecified atom stereocenters. The van der Waals surface area contributed by atoms with Gasteiger partial charge in [0.05, 0.1) is 11.1 Å². The minimum atomic E-state index is -4.47. The van der Waals surface area contributed by atoms with Gasteiger partial charge in [-0.3, -0.25) is 4.79 Å².